The molecular weight excluding hydrogens is 306 g/mol. The summed E-state index contributed by atoms with van der Waals surface area (Å²) in [7, 11) is 0. The quantitative estimate of drug-likeness (QED) is 0.426. The summed E-state index contributed by atoms with van der Waals surface area (Å²) in [5.74, 6) is -1.71. The number of halogens is 1. The molecule has 0 saturated carbocycles. The molecule has 1 aliphatic rings. The Labute approximate surface area is 126 Å². The third-order valence-corrected chi connectivity index (χ3v) is 3.09. The highest BCUT2D eigenvalue weighted by Gasteiger charge is 2.47. The number of nitrogens with two attached hydrogens (primary N) is 1. The number of carbonyl (C=O) groups is 3. The monoisotopic (exact) mass is 323 g/mol. The third kappa shape index (κ3) is 5.14. The lowest BCUT2D eigenvalue weighted by Crippen LogP contribution is -2.63. The van der Waals surface area contributed by atoms with Crippen LogP contribution in [0, 0.1) is 0 Å². The molecule has 0 radical (unpaired) electrons. The van der Waals surface area contributed by atoms with Gasteiger partial charge in [0.2, 0.25) is 0 Å². The zero-order valence-corrected chi connectivity index (χ0v) is 12.7. The highest BCUT2D eigenvalue weighted by Crippen LogP contribution is 2.27. The molecule has 0 bridgehead atoms. The summed E-state index contributed by atoms with van der Waals surface area (Å²) in [6.07, 6.45) is -2.79. The van der Waals surface area contributed by atoms with E-state index in [9.17, 15) is 14.4 Å². The fraction of sp³-hybridized carbons (Fsp3) is 0.750. The Morgan fingerprint density at radius 2 is 1.57 bits per heavy atom. The molecule has 0 aromatic heterocycles. The molecule has 1 fully saturated rings. The van der Waals surface area contributed by atoms with Crippen molar-refractivity contribution in [2.45, 2.75) is 50.7 Å². The summed E-state index contributed by atoms with van der Waals surface area (Å²) in [5, 5.41) is 0. The van der Waals surface area contributed by atoms with Crippen LogP contribution in [-0.4, -0.2) is 54.4 Å². The second-order valence-electron chi connectivity index (χ2n) is 4.55. The van der Waals surface area contributed by atoms with Crippen molar-refractivity contribution >= 4 is 29.5 Å². The predicted molar refractivity (Wildman–Crippen MR) is 70.2 cm³/mol. The van der Waals surface area contributed by atoms with Gasteiger partial charge in [0.15, 0.2) is 17.8 Å². The fourth-order valence-electron chi connectivity index (χ4n) is 1.93. The first-order valence-corrected chi connectivity index (χ1v) is 6.69. The van der Waals surface area contributed by atoms with E-state index in [1.54, 1.807) is 0 Å². The van der Waals surface area contributed by atoms with E-state index in [1.807, 2.05) is 0 Å². The molecule has 120 valence electrons. The van der Waals surface area contributed by atoms with E-state index in [1.165, 1.54) is 20.8 Å². The van der Waals surface area contributed by atoms with E-state index >= 15 is 0 Å². The topological polar surface area (TPSA) is 114 Å². The van der Waals surface area contributed by atoms with Crippen LogP contribution in [0.25, 0.3) is 0 Å². The number of hydrogen-bond donors (Lipinski definition) is 1. The third-order valence-electron chi connectivity index (χ3n) is 2.74. The van der Waals surface area contributed by atoms with Crippen LogP contribution in [0.4, 0.5) is 0 Å². The van der Waals surface area contributed by atoms with Gasteiger partial charge in [-0.1, -0.05) is 11.6 Å². The lowest BCUT2D eigenvalue weighted by atomic mass is 9.97. The van der Waals surface area contributed by atoms with Crippen molar-refractivity contribution < 1.29 is 33.3 Å². The smallest absolute Gasteiger partial charge is 0.303 e. The van der Waals surface area contributed by atoms with E-state index in [4.69, 9.17) is 36.3 Å². The summed E-state index contributed by atoms with van der Waals surface area (Å²) < 4.78 is 20.3. The van der Waals surface area contributed by atoms with Gasteiger partial charge in [0, 0.05) is 20.8 Å². The number of alkyl halides is 1. The molecule has 0 aromatic carbocycles. The Kier molecular flexibility index (Phi) is 6.38. The molecule has 1 rings (SSSR count). The highest BCUT2D eigenvalue weighted by atomic mass is 35.5. The van der Waals surface area contributed by atoms with E-state index in [0.717, 1.165) is 0 Å². The summed E-state index contributed by atoms with van der Waals surface area (Å²) >= 11 is 5.97. The SMILES string of the molecule is CC(=O)OCC1OC(Cl)C(OC(C)=O)C(N)C1OC(C)=O. The van der Waals surface area contributed by atoms with Crippen LogP contribution < -0.4 is 5.73 Å². The number of rotatable bonds is 4. The zero-order valence-electron chi connectivity index (χ0n) is 11.9. The molecule has 0 aliphatic carbocycles. The van der Waals surface area contributed by atoms with Crippen molar-refractivity contribution in [3.8, 4) is 0 Å². The van der Waals surface area contributed by atoms with E-state index in [2.05, 4.69) is 0 Å². The van der Waals surface area contributed by atoms with Crippen molar-refractivity contribution in [1.29, 1.82) is 0 Å². The largest absolute Gasteiger partial charge is 0.463 e. The normalized spacial score (nSPS) is 32.1. The first kappa shape index (κ1) is 17.7. The minimum Gasteiger partial charge on any atom is -0.463 e. The minimum absolute atomic E-state index is 0.184. The molecule has 0 spiro atoms. The Morgan fingerprint density at radius 1 is 1.05 bits per heavy atom. The van der Waals surface area contributed by atoms with Gasteiger partial charge in [-0.3, -0.25) is 14.4 Å². The molecule has 1 heterocycles. The molecule has 1 saturated heterocycles. The van der Waals surface area contributed by atoms with Crippen molar-refractivity contribution in [2.75, 3.05) is 6.61 Å². The van der Waals surface area contributed by atoms with E-state index in [0.29, 0.717) is 0 Å². The Morgan fingerprint density at radius 3 is 2.05 bits per heavy atom. The number of ether oxygens (including phenoxy) is 4. The van der Waals surface area contributed by atoms with Gasteiger partial charge in [0.1, 0.15) is 12.7 Å². The Balaban J connectivity index is 2.86. The van der Waals surface area contributed by atoms with Gasteiger partial charge in [-0.2, -0.15) is 0 Å². The van der Waals surface area contributed by atoms with Crippen LogP contribution in [0.15, 0.2) is 0 Å². The molecule has 8 nitrogen and oxygen atoms in total. The molecule has 21 heavy (non-hydrogen) atoms. The Hall–Kier alpha value is -1.38. The standard InChI is InChI=1S/C12H18ClNO7/c1-5(15)18-4-8-10(19-6(2)16)9(14)11(12(13)21-8)20-7(3)17/h8-12H,4,14H2,1-3H3. The fourth-order valence-corrected chi connectivity index (χ4v) is 2.29. The maximum Gasteiger partial charge on any atom is 0.303 e. The van der Waals surface area contributed by atoms with E-state index in [-0.39, 0.29) is 6.61 Å². The van der Waals surface area contributed by atoms with Crippen LogP contribution >= 0.6 is 11.6 Å². The molecule has 9 heteroatoms. The van der Waals surface area contributed by atoms with Crippen LogP contribution in [0.2, 0.25) is 0 Å². The first-order valence-electron chi connectivity index (χ1n) is 6.25. The number of esters is 3. The van der Waals surface area contributed by atoms with Gasteiger partial charge in [0.05, 0.1) is 6.04 Å². The van der Waals surface area contributed by atoms with Gasteiger partial charge in [-0.15, -0.1) is 0 Å². The molecule has 5 atom stereocenters. The first-order chi connectivity index (χ1) is 9.72. The summed E-state index contributed by atoms with van der Waals surface area (Å²) in [4.78, 5) is 33.1. The maximum absolute atomic E-state index is 11.2. The summed E-state index contributed by atoms with van der Waals surface area (Å²) in [5.41, 5.74) is 4.90. The second kappa shape index (κ2) is 7.58. The zero-order chi connectivity index (χ0) is 16.2. The second-order valence-corrected chi connectivity index (χ2v) is 4.98. The average molecular weight is 324 g/mol. The van der Waals surface area contributed by atoms with Gasteiger partial charge < -0.3 is 24.7 Å². The van der Waals surface area contributed by atoms with Gasteiger partial charge in [-0.25, -0.2) is 0 Å². The van der Waals surface area contributed by atoms with Crippen molar-refractivity contribution in [1.82, 2.24) is 0 Å². The van der Waals surface area contributed by atoms with Crippen molar-refractivity contribution in [2.24, 2.45) is 5.73 Å². The number of hydrogen-bond acceptors (Lipinski definition) is 8. The molecule has 1 aliphatic heterocycles. The average Bonchev–Trinajstić information content (AvgIpc) is 2.35. The van der Waals surface area contributed by atoms with Gasteiger partial charge in [0.25, 0.3) is 0 Å². The molecule has 0 amide bonds. The molecular formula is C12H18ClNO7. The molecule has 0 aromatic rings. The molecule has 5 unspecified atom stereocenters. The van der Waals surface area contributed by atoms with E-state index < -0.39 is 47.8 Å². The molecule has 2 N–H and O–H groups in total. The number of carbonyl (C=O) groups excluding carboxylic acids is 3. The predicted octanol–water partition coefficient (Wildman–Crippen LogP) is -0.296. The van der Waals surface area contributed by atoms with Crippen molar-refractivity contribution in [3.05, 3.63) is 0 Å². The lowest BCUT2D eigenvalue weighted by Gasteiger charge is -2.41. The van der Waals surface area contributed by atoms with Gasteiger partial charge >= 0.3 is 17.9 Å². The van der Waals surface area contributed by atoms with Gasteiger partial charge in [-0.05, 0) is 0 Å². The van der Waals surface area contributed by atoms with Crippen molar-refractivity contribution in [3.63, 3.8) is 0 Å². The lowest BCUT2D eigenvalue weighted by molar-refractivity contribution is -0.202. The summed E-state index contributed by atoms with van der Waals surface area (Å²) in [6, 6.07) is -0.908. The van der Waals surface area contributed by atoms with Crippen LogP contribution in [0.1, 0.15) is 20.8 Å². The van der Waals surface area contributed by atoms with Crippen LogP contribution in [-0.2, 0) is 33.3 Å². The maximum atomic E-state index is 11.2. The Bertz CT molecular complexity index is 414. The highest BCUT2D eigenvalue weighted by molar-refractivity contribution is 6.20. The van der Waals surface area contributed by atoms with Crippen LogP contribution in [0.5, 0.6) is 0 Å². The van der Waals surface area contributed by atoms with Crippen LogP contribution in [0.3, 0.4) is 0 Å². The summed E-state index contributed by atoms with van der Waals surface area (Å²) in [6.45, 7) is 3.44. The minimum atomic E-state index is -1.05.